The molecule has 1 aromatic heterocycles. The summed E-state index contributed by atoms with van der Waals surface area (Å²) >= 11 is 1.43. The lowest BCUT2D eigenvalue weighted by Gasteiger charge is -2.19. The van der Waals surface area contributed by atoms with Crippen LogP contribution in [0.5, 0.6) is 5.75 Å². The molecule has 3 aromatic rings. The number of amides is 1. The van der Waals surface area contributed by atoms with Crippen molar-refractivity contribution in [1.82, 2.24) is 14.5 Å². The van der Waals surface area contributed by atoms with E-state index in [-0.39, 0.29) is 11.7 Å². The van der Waals surface area contributed by atoms with Crippen molar-refractivity contribution in [3.05, 3.63) is 71.8 Å². The van der Waals surface area contributed by atoms with Gasteiger partial charge in [-0.15, -0.1) is 0 Å². The number of halogens is 1. The van der Waals surface area contributed by atoms with Crippen LogP contribution < -0.4 is 4.74 Å². The second kappa shape index (κ2) is 8.93. The molecule has 7 heteroatoms. The Hall–Kier alpha value is -2.80. The molecule has 5 nitrogen and oxygen atoms in total. The van der Waals surface area contributed by atoms with Crippen molar-refractivity contribution in [2.75, 3.05) is 19.9 Å². The molecule has 0 bridgehead atoms. The van der Waals surface area contributed by atoms with Crippen LogP contribution in [0.4, 0.5) is 4.39 Å². The first-order valence-corrected chi connectivity index (χ1v) is 10.1. The quantitative estimate of drug-likeness (QED) is 0.553. The van der Waals surface area contributed by atoms with Crippen LogP contribution in [0.15, 0.2) is 59.9 Å². The maximum Gasteiger partial charge on any atom is 0.272 e. The normalized spacial score (nSPS) is 10.7. The Balaban J connectivity index is 1.83. The van der Waals surface area contributed by atoms with E-state index in [4.69, 9.17) is 4.74 Å². The second-order valence-electron chi connectivity index (χ2n) is 6.18. The molecule has 0 radical (unpaired) electrons. The number of imidazole rings is 1. The number of hydrogen-bond donors (Lipinski definition) is 0. The van der Waals surface area contributed by atoms with E-state index < -0.39 is 0 Å². The molecule has 0 saturated carbocycles. The van der Waals surface area contributed by atoms with E-state index in [2.05, 4.69) is 4.98 Å². The molecule has 0 fully saturated rings. The Morgan fingerprint density at radius 3 is 2.46 bits per heavy atom. The van der Waals surface area contributed by atoms with Gasteiger partial charge in [0.15, 0.2) is 5.16 Å². The summed E-state index contributed by atoms with van der Waals surface area (Å²) < 4.78 is 20.5. The summed E-state index contributed by atoms with van der Waals surface area (Å²) in [5.74, 6) is 0.320. The van der Waals surface area contributed by atoms with Gasteiger partial charge in [0.25, 0.3) is 5.91 Å². The highest BCUT2D eigenvalue weighted by molar-refractivity contribution is 7.98. The van der Waals surface area contributed by atoms with Gasteiger partial charge in [-0.1, -0.05) is 23.9 Å². The molecule has 0 aliphatic rings. The van der Waals surface area contributed by atoms with E-state index >= 15 is 0 Å². The molecule has 1 heterocycles. The molecule has 3 rings (SSSR count). The number of hydrogen-bond acceptors (Lipinski definition) is 4. The van der Waals surface area contributed by atoms with Crippen molar-refractivity contribution in [1.29, 1.82) is 0 Å². The minimum Gasteiger partial charge on any atom is -0.494 e. The van der Waals surface area contributed by atoms with Gasteiger partial charge < -0.3 is 9.64 Å². The second-order valence-corrected chi connectivity index (χ2v) is 6.95. The monoisotopic (exact) mass is 399 g/mol. The fraction of sp³-hybridized carbons (Fsp3) is 0.238. The van der Waals surface area contributed by atoms with E-state index in [9.17, 15) is 9.18 Å². The van der Waals surface area contributed by atoms with Gasteiger partial charge in [0.05, 0.1) is 12.8 Å². The van der Waals surface area contributed by atoms with Gasteiger partial charge in [-0.05, 0) is 55.1 Å². The summed E-state index contributed by atoms with van der Waals surface area (Å²) in [5.41, 5.74) is 2.13. The van der Waals surface area contributed by atoms with Crippen molar-refractivity contribution >= 4 is 17.7 Å². The first-order valence-electron chi connectivity index (χ1n) is 8.88. The average Bonchev–Trinajstić information content (AvgIpc) is 3.13. The molecule has 0 aliphatic carbocycles. The van der Waals surface area contributed by atoms with Gasteiger partial charge >= 0.3 is 0 Å². The number of nitrogens with zero attached hydrogens (tertiary/aromatic N) is 3. The molecule has 146 valence electrons. The SMILES string of the molecule is CCOc1ccc(CN(C)C(=O)c2cnc(SC)n2-c2ccc(F)cc2)cc1. The first kappa shape index (κ1) is 19.9. The van der Waals surface area contributed by atoms with Crippen LogP contribution in [0.2, 0.25) is 0 Å². The van der Waals surface area contributed by atoms with Crippen LogP contribution in [0.25, 0.3) is 5.69 Å². The zero-order valence-electron chi connectivity index (χ0n) is 16.1. The molecule has 0 N–H and O–H groups in total. The lowest BCUT2D eigenvalue weighted by Crippen LogP contribution is -2.28. The molecule has 28 heavy (non-hydrogen) atoms. The number of carbonyl (C=O) groups excluding carboxylic acids is 1. The van der Waals surface area contributed by atoms with E-state index in [0.29, 0.717) is 29.7 Å². The summed E-state index contributed by atoms with van der Waals surface area (Å²) in [5, 5.41) is 0.671. The van der Waals surface area contributed by atoms with Crippen LogP contribution in [0, 0.1) is 5.82 Å². The Morgan fingerprint density at radius 2 is 1.86 bits per heavy atom. The first-order chi connectivity index (χ1) is 13.5. The highest BCUT2D eigenvalue weighted by atomic mass is 32.2. The maximum atomic E-state index is 13.3. The summed E-state index contributed by atoms with van der Waals surface area (Å²) in [6, 6.07) is 13.7. The van der Waals surface area contributed by atoms with E-state index in [0.717, 1.165) is 11.3 Å². The van der Waals surface area contributed by atoms with Crippen molar-refractivity contribution in [2.45, 2.75) is 18.6 Å². The average molecular weight is 399 g/mol. The smallest absolute Gasteiger partial charge is 0.272 e. The van der Waals surface area contributed by atoms with Gasteiger partial charge in [0, 0.05) is 19.3 Å². The van der Waals surface area contributed by atoms with E-state index in [1.54, 1.807) is 34.8 Å². The standard InChI is InChI=1S/C21H22FN3O2S/c1-4-27-18-11-5-15(6-12-18)14-24(2)20(26)19-13-23-21(28-3)25(19)17-9-7-16(22)8-10-17/h5-13H,4,14H2,1-3H3. The van der Waals surface area contributed by atoms with Gasteiger partial charge in [0.1, 0.15) is 17.3 Å². The maximum absolute atomic E-state index is 13.3. The molecule has 0 saturated heterocycles. The third-order valence-corrected chi connectivity index (χ3v) is 4.87. The predicted molar refractivity (Wildman–Crippen MR) is 109 cm³/mol. The number of benzene rings is 2. The van der Waals surface area contributed by atoms with Gasteiger partial charge in [-0.3, -0.25) is 9.36 Å². The van der Waals surface area contributed by atoms with E-state index in [1.165, 1.54) is 23.9 Å². The van der Waals surface area contributed by atoms with Gasteiger partial charge in [0.2, 0.25) is 0 Å². The fourth-order valence-corrected chi connectivity index (χ4v) is 3.41. The minimum absolute atomic E-state index is 0.161. The third kappa shape index (κ3) is 4.36. The summed E-state index contributed by atoms with van der Waals surface area (Å²) in [4.78, 5) is 19.0. The largest absolute Gasteiger partial charge is 0.494 e. The van der Waals surface area contributed by atoms with Crippen LogP contribution >= 0.6 is 11.8 Å². The summed E-state index contributed by atoms with van der Waals surface area (Å²) in [6.45, 7) is 3.00. The highest BCUT2D eigenvalue weighted by Crippen LogP contribution is 2.23. The number of carbonyl (C=O) groups is 1. The van der Waals surface area contributed by atoms with Crippen LogP contribution in [-0.2, 0) is 6.54 Å². The zero-order chi connectivity index (χ0) is 20.1. The molecular weight excluding hydrogens is 377 g/mol. The zero-order valence-corrected chi connectivity index (χ0v) is 16.9. The topological polar surface area (TPSA) is 47.4 Å². The molecular formula is C21H22FN3O2S. The summed E-state index contributed by atoms with van der Waals surface area (Å²) in [7, 11) is 1.75. The molecule has 0 unspecified atom stereocenters. The number of rotatable bonds is 7. The Labute approximate surface area is 168 Å². The van der Waals surface area contributed by atoms with Crippen LogP contribution in [0.1, 0.15) is 23.0 Å². The van der Waals surface area contributed by atoms with Gasteiger partial charge in [-0.25, -0.2) is 9.37 Å². The lowest BCUT2D eigenvalue weighted by molar-refractivity contribution is 0.0776. The number of aromatic nitrogens is 2. The molecule has 0 aliphatic heterocycles. The minimum atomic E-state index is -0.324. The molecule has 1 amide bonds. The van der Waals surface area contributed by atoms with Crippen molar-refractivity contribution in [3.63, 3.8) is 0 Å². The van der Waals surface area contributed by atoms with Gasteiger partial charge in [-0.2, -0.15) is 0 Å². The third-order valence-electron chi connectivity index (χ3n) is 4.22. The van der Waals surface area contributed by atoms with E-state index in [1.807, 2.05) is 37.4 Å². The predicted octanol–water partition coefficient (Wildman–Crippen LogP) is 4.40. The van der Waals surface area contributed by atoms with Crippen LogP contribution in [0.3, 0.4) is 0 Å². The lowest BCUT2D eigenvalue weighted by atomic mass is 10.2. The molecule has 0 atom stereocenters. The summed E-state index contributed by atoms with van der Waals surface area (Å²) in [6.07, 6.45) is 3.45. The highest BCUT2D eigenvalue weighted by Gasteiger charge is 2.21. The van der Waals surface area contributed by atoms with Crippen LogP contribution in [-0.4, -0.2) is 40.3 Å². The number of ether oxygens (including phenoxy) is 1. The Morgan fingerprint density at radius 1 is 1.18 bits per heavy atom. The Kier molecular flexibility index (Phi) is 6.36. The van der Waals surface area contributed by atoms with Crippen molar-refractivity contribution in [3.8, 4) is 11.4 Å². The van der Waals surface area contributed by atoms with Crippen molar-refractivity contribution in [2.24, 2.45) is 0 Å². The molecule has 0 spiro atoms. The fourth-order valence-electron chi connectivity index (χ4n) is 2.87. The number of thioether (sulfide) groups is 1. The molecule has 2 aromatic carbocycles. The Bertz CT molecular complexity index is 939. The van der Waals surface area contributed by atoms with Crippen molar-refractivity contribution < 1.29 is 13.9 Å².